The highest BCUT2D eigenvalue weighted by atomic mass is 16.3. The molecule has 0 saturated carbocycles. The zero-order valence-electron chi connectivity index (χ0n) is 27.3. The molecule has 10 rings (SSSR count). The Morgan fingerprint density at radius 3 is 1.64 bits per heavy atom. The summed E-state index contributed by atoms with van der Waals surface area (Å²) in [6.45, 7) is 0. The van der Waals surface area contributed by atoms with Crippen LogP contribution in [-0.4, -0.2) is 0 Å². The van der Waals surface area contributed by atoms with Crippen LogP contribution in [0.4, 0.5) is 17.1 Å². The maximum absolute atomic E-state index is 6.37. The normalized spacial score (nSPS) is 11.6. The Labute approximate surface area is 290 Å². The molecule has 0 saturated heterocycles. The number of fused-ring (bicyclic) bond motifs is 6. The van der Waals surface area contributed by atoms with Crippen LogP contribution in [0.25, 0.3) is 76.5 Å². The number of benzene rings is 9. The second kappa shape index (κ2) is 11.5. The van der Waals surface area contributed by atoms with Gasteiger partial charge < -0.3 is 9.32 Å². The quantitative estimate of drug-likeness (QED) is 0.187. The van der Waals surface area contributed by atoms with Gasteiger partial charge >= 0.3 is 0 Å². The second-order valence-corrected chi connectivity index (χ2v) is 13.0. The Morgan fingerprint density at radius 1 is 0.300 bits per heavy atom. The van der Waals surface area contributed by atoms with Crippen molar-refractivity contribution in [2.45, 2.75) is 0 Å². The van der Waals surface area contributed by atoms with E-state index in [1.165, 1.54) is 54.6 Å². The molecule has 0 N–H and O–H groups in total. The second-order valence-electron chi connectivity index (χ2n) is 13.0. The minimum atomic E-state index is 0.879. The van der Waals surface area contributed by atoms with E-state index >= 15 is 0 Å². The van der Waals surface area contributed by atoms with Crippen molar-refractivity contribution in [3.05, 3.63) is 188 Å². The van der Waals surface area contributed by atoms with Crippen LogP contribution in [0.2, 0.25) is 0 Å². The lowest BCUT2D eigenvalue weighted by Gasteiger charge is -2.27. The van der Waals surface area contributed by atoms with Crippen LogP contribution in [-0.2, 0) is 0 Å². The average molecular weight is 638 g/mol. The summed E-state index contributed by atoms with van der Waals surface area (Å²) in [6, 6.07) is 67.7. The summed E-state index contributed by atoms with van der Waals surface area (Å²) in [4.78, 5) is 2.36. The molecule has 9 aromatic carbocycles. The third-order valence-electron chi connectivity index (χ3n) is 10.0. The molecular weight excluding hydrogens is 607 g/mol. The maximum atomic E-state index is 6.37. The SMILES string of the molecule is c1ccc2cc(-c3ccc(-c4ccc5ccc(N(c6ccc7c(c6)oc6ccccc67)c6cccc7ccccc67)cc5c4)cc3)ccc2c1. The molecule has 0 fully saturated rings. The van der Waals surface area contributed by atoms with Gasteiger partial charge in [0.1, 0.15) is 11.2 Å². The van der Waals surface area contributed by atoms with Gasteiger partial charge in [-0.05, 0) is 97.7 Å². The third kappa shape index (κ3) is 4.81. The number of para-hydroxylation sites is 1. The highest BCUT2D eigenvalue weighted by Crippen LogP contribution is 2.42. The number of hydrogen-bond donors (Lipinski definition) is 0. The largest absolute Gasteiger partial charge is 0.456 e. The van der Waals surface area contributed by atoms with Crippen molar-refractivity contribution in [3.63, 3.8) is 0 Å². The van der Waals surface area contributed by atoms with Crippen molar-refractivity contribution in [1.29, 1.82) is 0 Å². The van der Waals surface area contributed by atoms with Gasteiger partial charge in [-0.2, -0.15) is 0 Å². The topological polar surface area (TPSA) is 16.4 Å². The zero-order chi connectivity index (χ0) is 33.0. The van der Waals surface area contributed by atoms with Gasteiger partial charge in [0, 0.05) is 33.6 Å². The van der Waals surface area contributed by atoms with Crippen LogP contribution in [0.5, 0.6) is 0 Å². The molecule has 0 aliphatic rings. The maximum Gasteiger partial charge on any atom is 0.137 e. The fourth-order valence-electron chi connectivity index (χ4n) is 7.46. The summed E-state index contributed by atoms with van der Waals surface area (Å²) in [5.74, 6) is 0. The van der Waals surface area contributed by atoms with E-state index in [2.05, 4.69) is 181 Å². The molecular formula is C48H31NO. The molecule has 0 aliphatic heterocycles. The molecule has 1 heterocycles. The predicted octanol–water partition coefficient (Wildman–Crippen LogP) is 13.8. The van der Waals surface area contributed by atoms with Gasteiger partial charge in [-0.3, -0.25) is 0 Å². The van der Waals surface area contributed by atoms with Crippen molar-refractivity contribution in [1.82, 2.24) is 0 Å². The Hall–Kier alpha value is -6.64. The first-order valence-corrected chi connectivity index (χ1v) is 17.1. The lowest BCUT2D eigenvalue weighted by molar-refractivity contribution is 0.669. The summed E-state index contributed by atoms with van der Waals surface area (Å²) in [6.07, 6.45) is 0. The number of nitrogens with zero attached hydrogens (tertiary/aromatic N) is 1. The molecule has 2 heteroatoms. The molecule has 0 atom stereocenters. The van der Waals surface area contributed by atoms with Gasteiger partial charge in [0.2, 0.25) is 0 Å². The van der Waals surface area contributed by atoms with Gasteiger partial charge in [0.25, 0.3) is 0 Å². The molecule has 0 radical (unpaired) electrons. The molecule has 1 aromatic heterocycles. The lowest BCUT2D eigenvalue weighted by Crippen LogP contribution is -2.10. The van der Waals surface area contributed by atoms with Crippen LogP contribution < -0.4 is 4.90 Å². The third-order valence-corrected chi connectivity index (χ3v) is 10.0. The summed E-state index contributed by atoms with van der Waals surface area (Å²) in [5.41, 5.74) is 9.88. The minimum Gasteiger partial charge on any atom is -0.456 e. The lowest BCUT2D eigenvalue weighted by atomic mass is 9.97. The van der Waals surface area contributed by atoms with Gasteiger partial charge in [-0.1, -0.05) is 133 Å². The first-order chi connectivity index (χ1) is 24.7. The monoisotopic (exact) mass is 637 g/mol. The van der Waals surface area contributed by atoms with Gasteiger partial charge in [0.05, 0.1) is 5.69 Å². The van der Waals surface area contributed by atoms with Crippen molar-refractivity contribution in [2.24, 2.45) is 0 Å². The number of rotatable bonds is 5. The van der Waals surface area contributed by atoms with Crippen molar-refractivity contribution in [2.75, 3.05) is 4.90 Å². The fourth-order valence-corrected chi connectivity index (χ4v) is 7.46. The first-order valence-electron chi connectivity index (χ1n) is 17.1. The van der Waals surface area contributed by atoms with Crippen LogP contribution in [0.15, 0.2) is 192 Å². The van der Waals surface area contributed by atoms with Crippen LogP contribution in [0, 0.1) is 0 Å². The van der Waals surface area contributed by atoms with E-state index in [-0.39, 0.29) is 0 Å². The summed E-state index contributed by atoms with van der Waals surface area (Å²) in [7, 11) is 0. The Morgan fingerprint density at radius 2 is 0.840 bits per heavy atom. The van der Waals surface area contributed by atoms with Crippen molar-refractivity contribution in [3.8, 4) is 22.3 Å². The first kappa shape index (κ1) is 28.4. The summed E-state index contributed by atoms with van der Waals surface area (Å²) < 4.78 is 6.37. The number of anilines is 3. The fraction of sp³-hybridized carbons (Fsp3) is 0. The molecule has 50 heavy (non-hydrogen) atoms. The van der Waals surface area contributed by atoms with Crippen molar-refractivity contribution >= 4 is 71.3 Å². The van der Waals surface area contributed by atoms with E-state index in [0.29, 0.717) is 0 Å². The summed E-state index contributed by atoms with van der Waals surface area (Å²) >= 11 is 0. The Kier molecular flexibility index (Phi) is 6.53. The Bertz CT molecular complexity index is 2870. The van der Waals surface area contributed by atoms with Crippen LogP contribution in [0.3, 0.4) is 0 Å². The molecule has 234 valence electrons. The van der Waals surface area contributed by atoms with Gasteiger partial charge in [0.15, 0.2) is 0 Å². The highest BCUT2D eigenvalue weighted by molar-refractivity contribution is 6.07. The van der Waals surface area contributed by atoms with Gasteiger partial charge in [-0.15, -0.1) is 0 Å². The number of hydrogen-bond acceptors (Lipinski definition) is 2. The smallest absolute Gasteiger partial charge is 0.137 e. The number of furan rings is 1. The van der Waals surface area contributed by atoms with E-state index in [9.17, 15) is 0 Å². The van der Waals surface area contributed by atoms with E-state index in [4.69, 9.17) is 4.42 Å². The highest BCUT2D eigenvalue weighted by Gasteiger charge is 2.18. The minimum absolute atomic E-state index is 0.879. The van der Waals surface area contributed by atoms with E-state index in [0.717, 1.165) is 39.0 Å². The summed E-state index contributed by atoms with van der Waals surface area (Å²) in [5, 5.41) is 9.57. The average Bonchev–Trinajstić information content (AvgIpc) is 3.56. The molecule has 0 amide bonds. The standard InChI is InChI=1S/C48H31NO/c1-2-10-37-28-38(22-20-32(37)8-1)33-16-18-34(19-17-33)39-23-21-35-24-25-41(30-40(35)29-39)49(46-14-7-11-36-9-3-4-12-43(36)46)42-26-27-45-44-13-5-6-15-47(44)50-48(45)31-42/h1-31H. The van der Waals surface area contributed by atoms with Gasteiger partial charge in [-0.25, -0.2) is 0 Å². The molecule has 0 spiro atoms. The zero-order valence-corrected chi connectivity index (χ0v) is 27.3. The van der Waals surface area contributed by atoms with Crippen LogP contribution in [0.1, 0.15) is 0 Å². The van der Waals surface area contributed by atoms with E-state index in [1.54, 1.807) is 0 Å². The molecule has 0 aliphatic carbocycles. The molecule has 2 nitrogen and oxygen atoms in total. The Balaban J connectivity index is 1.08. The van der Waals surface area contributed by atoms with Crippen molar-refractivity contribution < 1.29 is 4.42 Å². The molecule has 0 bridgehead atoms. The molecule has 0 unspecified atom stereocenters. The predicted molar refractivity (Wildman–Crippen MR) is 212 cm³/mol. The van der Waals surface area contributed by atoms with E-state index in [1.807, 2.05) is 12.1 Å². The molecule has 10 aromatic rings. The van der Waals surface area contributed by atoms with Crippen LogP contribution >= 0.6 is 0 Å². The van der Waals surface area contributed by atoms with E-state index < -0.39 is 0 Å².